The van der Waals surface area contributed by atoms with Gasteiger partial charge in [-0.2, -0.15) is 0 Å². The smallest absolute Gasteiger partial charge is 0.0966 e. The number of hydrogen-bond donors (Lipinski definition) is 2. The molecule has 13 heavy (non-hydrogen) atoms. The summed E-state index contributed by atoms with van der Waals surface area (Å²) in [7, 11) is 1.39. The molecule has 1 unspecified atom stereocenters. The van der Waals surface area contributed by atoms with Crippen LogP contribution in [0, 0.1) is 5.92 Å². The van der Waals surface area contributed by atoms with Gasteiger partial charge in [0, 0.05) is 11.3 Å². The average molecular weight is 208 g/mol. The molecular weight excluding hydrogens is 194 g/mol. The van der Waals surface area contributed by atoms with E-state index in [1.807, 2.05) is 0 Å². The van der Waals surface area contributed by atoms with Crippen molar-refractivity contribution in [2.45, 2.75) is 31.6 Å². The highest BCUT2D eigenvalue weighted by molar-refractivity contribution is 7.76. The van der Waals surface area contributed by atoms with Crippen molar-refractivity contribution in [2.75, 3.05) is 7.05 Å². The van der Waals surface area contributed by atoms with Crippen molar-refractivity contribution in [3.63, 3.8) is 0 Å². The van der Waals surface area contributed by atoms with E-state index in [-0.39, 0.29) is 5.92 Å². The monoisotopic (exact) mass is 208 g/mol. The first-order valence-corrected chi connectivity index (χ1v) is 5.16. The summed E-state index contributed by atoms with van der Waals surface area (Å²) < 4.78 is 22.2. The van der Waals surface area contributed by atoms with E-state index in [9.17, 15) is 19.0 Å². The van der Waals surface area contributed by atoms with Crippen LogP contribution >= 0.6 is 0 Å². The number of rotatable bonds is 2. The van der Waals surface area contributed by atoms with Crippen molar-refractivity contribution in [2.24, 2.45) is 5.92 Å². The Hall–Kier alpha value is -0.0100. The molecule has 6 heteroatoms. The maximum atomic E-state index is 10.6. The van der Waals surface area contributed by atoms with E-state index >= 15 is 0 Å². The molecule has 5 atom stereocenters. The van der Waals surface area contributed by atoms with Gasteiger partial charge in [-0.3, -0.25) is 4.21 Å². The zero-order chi connectivity index (χ0) is 10.2. The van der Waals surface area contributed by atoms with Crippen molar-refractivity contribution >= 4 is 11.3 Å². The quantitative estimate of drug-likeness (QED) is 0.561. The van der Waals surface area contributed by atoms with Gasteiger partial charge in [-0.25, -0.2) is 4.31 Å². The summed E-state index contributed by atoms with van der Waals surface area (Å²) >= 11 is -2.34. The predicted molar refractivity (Wildman–Crippen MR) is 46.3 cm³/mol. The van der Waals surface area contributed by atoms with Gasteiger partial charge in [0.1, 0.15) is 0 Å². The Kier molecular flexibility index (Phi) is 3.42. The normalized spacial score (nSPS) is 42.6. The van der Waals surface area contributed by atoms with Gasteiger partial charge in [-0.15, -0.1) is 0 Å². The predicted octanol–water partition coefficient (Wildman–Crippen LogP) is -1.16. The number of aliphatic hydroxyl groups is 2. The lowest BCUT2D eigenvalue weighted by atomic mass is 10.1. The van der Waals surface area contributed by atoms with Gasteiger partial charge in [-0.1, -0.05) is 6.92 Å². The van der Waals surface area contributed by atoms with Crippen molar-refractivity contribution in [3.05, 3.63) is 0 Å². The molecule has 0 aliphatic heterocycles. The number of nitrogens with zero attached hydrogens (tertiary/aromatic N) is 1. The van der Waals surface area contributed by atoms with Gasteiger partial charge in [0.2, 0.25) is 0 Å². The molecule has 1 fully saturated rings. The minimum Gasteiger partial charge on any atom is -0.760 e. The Morgan fingerprint density at radius 3 is 2.31 bits per heavy atom. The standard InChI is InChI=1S/C7H15NO4S/c1-4-3-5(7(10)6(4)9)8(2)13(11)12/h4-7,9-10H,3H2,1-2H3,(H,11,12)/p-1/t4-,5+,6+,7-/m1/s1. The third kappa shape index (κ3) is 2.08. The molecule has 1 saturated carbocycles. The Morgan fingerprint density at radius 1 is 1.46 bits per heavy atom. The average Bonchev–Trinajstić information content (AvgIpc) is 2.31. The lowest BCUT2D eigenvalue weighted by Crippen LogP contribution is -2.41. The summed E-state index contributed by atoms with van der Waals surface area (Å²) in [5.41, 5.74) is 0. The molecule has 2 N–H and O–H groups in total. The third-order valence-corrected chi connectivity index (χ3v) is 3.38. The fraction of sp³-hybridized carbons (Fsp3) is 1.00. The third-order valence-electron chi connectivity index (χ3n) is 2.64. The lowest BCUT2D eigenvalue weighted by molar-refractivity contribution is 0.00610. The minimum atomic E-state index is -2.34. The summed E-state index contributed by atoms with van der Waals surface area (Å²) in [5.74, 6) is -0.0639. The van der Waals surface area contributed by atoms with Crippen LogP contribution in [0.25, 0.3) is 0 Å². The summed E-state index contributed by atoms with van der Waals surface area (Å²) in [6.45, 7) is 1.79. The molecule has 0 aromatic heterocycles. The summed E-state index contributed by atoms with van der Waals surface area (Å²) in [5, 5.41) is 18.9. The maximum absolute atomic E-state index is 10.6. The van der Waals surface area contributed by atoms with E-state index in [1.54, 1.807) is 6.92 Å². The van der Waals surface area contributed by atoms with Crippen LogP contribution in [0.4, 0.5) is 0 Å². The molecule has 78 valence electrons. The van der Waals surface area contributed by atoms with Crippen LogP contribution < -0.4 is 0 Å². The molecule has 1 aliphatic carbocycles. The first-order valence-electron chi connectivity index (χ1n) is 4.13. The Morgan fingerprint density at radius 2 is 2.00 bits per heavy atom. The molecular formula is C7H14NO4S-. The van der Waals surface area contributed by atoms with Gasteiger partial charge in [0.25, 0.3) is 0 Å². The molecule has 0 radical (unpaired) electrons. The second-order valence-corrected chi connectivity index (χ2v) is 4.54. The zero-order valence-corrected chi connectivity index (χ0v) is 8.40. The number of aliphatic hydroxyl groups excluding tert-OH is 2. The highest BCUT2D eigenvalue weighted by Gasteiger charge is 2.41. The first-order chi connectivity index (χ1) is 5.95. The van der Waals surface area contributed by atoms with Crippen LogP contribution in [-0.4, -0.2) is 48.6 Å². The van der Waals surface area contributed by atoms with Gasteiger partial charge in [0.05, 0.1) is 18.2 Å². The van der Waals surface area contributed by atoms with Crippen LogP contribution in [0.3, 0.4) is 0 Å². The number of hydrogen-bond acceptors (Lipinski definition) is 4. The van der Waals surface area contributed by atoms with Gasteiger partial charge < -0.3 is 14.8 Å². The van der Waals surface area contributed by atoms with Crippen LogP contribution in [0.5, 0.6) is 0 Å². The fourth-order valence-electron chi connectivity index (χ4n) is 1.70. The maximum Gasteiger partial charge on any atom is 0.0966 e. The van der Waals surface area contributed by atoms with E-state index in [4.69, 9.17) is 0 Å². The highest BCUT2D eigenvalue weighted by atomic mass is 32.2. The SMILES string of the molecule is C[C@@H]1C[C@H](N(C)S(=O)[O-])[C@@H](O)[C@H]1O. The minimum absolute atomic E-state index is 0.0639. The van der Waals surface area contributed by atoms with E-state index in [0.717, 1.165) is 4.31 Å². The fourth-order valence-corrected chi connectivity index (χ4v) is 2.13. The summed E-state index contributed by atoms with van der Waals surface area (Å²) in [4.78, 5) is 0. The van der Waals surface area contributed by atoms with Crippen molar-refractivity contribution < 1.29 is 19.0 Å². The summed E-state index contributed by atoms with van der Waals surface area (Å²) in [6, 6.07) is -0.497. The van der Waals surface area contributed by atoms with Crippen LogP contribution in [0.1, 0.15) is 13.3 Å². The first kappa shape index (κ1) is 11.1. The summed E-state index contributed by atoms with van der Waals surface area (Å²) in [6.07, 6.45) is -1.30. The molecule has 0 bridgehead atoms. The largest absolute Gasteiger partial charge is 0.760 e. The second-order valence-electron chi connectivity index (χ2n) is 3.52. The van der Waals surface area contributed by atoms with Gasteiger partial charge >= 0.3 is 0 Å². The van der Waals surface area contributed by atoms with Crippen LogP contribution in [-0.2, 0) is 11.3 Å². The van der Waals surface area contributed by atoms with Gasteiger partial charge in [-0.05, 0) is 19.4 Å². The molecule has 0 spiro atoms. The second kappa shape index (κ2) is 4.02. The number of likely N-dealkylation sites (N-methyl/N-ethyl adjacent to an activating group) is 1. The molecule has 0 heterocycles. The molecule has 1 aliphatic rings. The van der Waals surface area contributed by atoms with Crippen LogP contribution in [0.15, 0.2) is 0 Å². The molecule has 1 rings (SSSR count). The zero-order valence-electron chi connectivity index (χ0n) is 7.58. The molecule has 5 nitrogen and oxygen atoms in total. The lowest BCUT2D eigenvalue weighted by Gasteiger charge is -2.28. The molecule has 0 saturated heterocycles. The van der Waals surface area contributed by atoms with Gasteiger partial charge in [0.15, 0.2) is 0 Å². The van der Waals surface area contributed by atoms with E-state index in [0.29, 0.717) is 6.42 Å². The van der Waals surface area contributed by atoms with Crippen molar-refractivity contribution in [3.8, 4) is 0 Å². The van der Waals surface area contributed by atoms with E-state index < -0.39 is 29.5 Å². The van der Waals surface area contributed by atoms with E-state index in [1.165, 1.54) is 7.05 Å². The molecule has 0 aromatic carbocycles. The van der Waals surface area contributed by atoms with Crippen LogP contribution in [0.2, 0.25) is 0 Å². The molecule has 0 amide bonds. The Bertz CT molecular complexity index is 213. The Labute approximate surface area is 79.8 Å². The van der Waals surface area contributed by atoms with E-state index in [2.05, 4.69) is 0 Å². The topological polar surface area (TPSA) is 83.8 Å². The highest BCUT2D eigenvalue weighted by Crippen LogP contribution is 2.29. The Balaban J connectivity index is 2.68. The van der Waals surface area contributed by atoms with Crippen molar-refractivity contribution in [1.29, 1.82) is 0 Å². The van der Waals surface area contributed by atoms with Crippen molar-refractivity contribution in [1.82, 2.24) is 4.31 Å². The molecule has 0 aromatic rings.